The average Bonchev–Trinajstić information content (AvgIpc) is 3.51. The Kier molecular flexibility index (Phi) is 8.21. The van der Waals surface area contributed by atoms with Gasteiger partial charge in [-0.05, 0) is 36.4 Å². The summed E-state index contributed by atoms with van der Waals surface area (Å²) in [5.41, 5.74) is 1.92. The maximum atomic E-state index is 13.0. The van der Waals surface area contributed by atoms with Gasteiger partial charge in [0.15, 0.2) is 5.13 Å². The van der Waals surface area contributed by atoms with Gasteiger partial charge < -0.3 is 9.47 Å². The van der Waals surface area contributed by atoms with Crippen molar-refractivity contribution in [1.29, 1.82) is 0 Å². The molecule has 2 aromatic carbocycles. The fraction of sp³-hybridized carbons (Fsp3) is 0.261. The van der Waals surface area contributed by atoms with Crippen LogP contribution in [0.1, 0.15) is 10.4 Å². The quantitative estimate of drug-likeness (QED) is 0.311. The number of nitrogens with zero attached hydrogens (tertiary/aromatic N) is 3. The number of benzene rings is 2. The van der Waals surface area contributed by atoms with E-state index < -0.39 is 10.0 Å². The summed E-state index contributed by atoms with van der Waals surface area (Å²) in [7, 11) is -0.734. The third kappa shape index (κ3) is 5.92. The summed E-state index contributed by atoms with van der Waals surface area (Å²) < 4.78 is 38.5. The van der Waals surface area contributed by atoms with Gasteiger partial charge in [-0.25, -0.2) is 18.4 Å². The predicted molar refractivity (Wildman–Crippen MR) is 138 cm³/mol. The summed E-state index contributed by atoms with van der Waals surface area (Å²) in [5, 5.41) is 5.83. The molecule has 1 amide bonds. The molecule has 0 aliphatic rings. The molecule has 184 valence electrons. The van der Waals surface area contributed by atoms with Crippen molar-refractivity contribution in [2.24, 2.45) is 0 Å². The lowest BCUT2D eigenvalue weighted by molar-refractivity contribution is 0.102. The third-order valence-corrected chi connectivity index (χ3v) is 8.81. The van der Waals surface area contributed by atoms with Crippen LogP contribution in [0.25, 0.3) is 20.9 Å². The zero-order valence-corrected chi connectivity index (χ0v) is 21.6. The Hall–Kier alpha value is -2.74. The third-order valence-electron chi connectivity index (χ3n) is 5.08. The van der Waals surface area contributed by atoms with Crippen LogP contribution in [-0.4, -0.2) is 69.1 Å². The van der Waals surface area contributed by atoms with Gasteiger partial charge in [-0.1, -0.05) is 12.1 Å². The van der Waals surface area contributed by atoms with Gasteiger partial charge in [-0.15, -0.1) is 22.7 Å². The fourth-order valence-electron chi connectivity index (χ4n) is 3.25. The molecule has 1 N–H and O–H groups in total. The highest BCUT2D eigenvalue weighted by Gasteiger charge is 2.24. The van der Waals surface area contributed by atoms with Crippen LogP contribution in [0.2, 0.25) is 0 Å². The van der Waals surface area contributed by atoms with E-state index in [1.807, 2.05) is 29.6 Å². The van der Waals surface area contributed by atoms with Gasteiger partial charge in [-0.2, -0.15) is 4.31 Å². The highest BCUT2D eigenvalue weighted by molar-refractivity contribution is 7.89. The van der Waals surface area contributed by atoms with Crippen LogP contribution in [0.15, 0.2) is 58.8 Å². The predicted octanol–water partition coefficient (Wildman–Crippen LogP) is 3.96. The molecule has 12 heteroatoms. The number of fused-ring (bicyclic) bond motifs is 1. The van der Waals surface area contributed by atoms with Gasteiger partial charge in [0.25, 0.3) is 5.91 Å². The summed E-state index contributed by atoms with van der Waals surface area (Å²) in [6.07, 6.45) is 0. The number of thiazole rings is 2. The fourth-order valence-corrected chi connectivity index (χ4v) is 6.35. The van der Waals surface area contributed by atoms with E-state index >= 15 is 0 Å². The monoisotopic (exact) mass is 532 g/mol. The molecule has 0 saturated heterocycles. The van der Waals surface area contributed by atoms with Crippen LogP contribution in [0, 0.1) is 0 Å². The molecule has 0 bridgehead atoms. The summed E-state index contributed by atoms with van der Waals surface area (Å²) >= 11 is 2.84. The van der Waals surface area contributed by atoms with Crippen molar-refractivity contribution in [3.63, 3.8) is 0 Å². The highest BCUT2D eigenvalue weighted by Crippen LogP contribution is 2.32. The van der Waals surface area contributed by atoms with Crippen molar-refractivity contribution in [2.45, 2.75) is 4.90 Å². The van der Waals surface area contributed by atoms with Gasteiger partial charge in [0.2, 0.25) is 10.0 Å². The van der Waals surface area contributed by atoms with E-state index in [0.29, 0.717) is 16.4 Å². The molecule has 0 radical (unpaired) electrons. The number of amides is 1. The molecule has 0 fully saturated rings. The van der Waals surface area contributed by atoms with Crippen molar-refractivity contribution in [3.8, 4) is 10.7 Å². The Balaban J connectivity index is 1.45. The van der Waals surface area contributed by atoms with Crippen molar-refractivity contribution >= 4 is 54.0 Å². The lowest BCUT2D eigenvalue weighted by Gasteiger charge is -2.21. The lowest BCUT2D eigenvalue weighted by Crippen LogP contribution is -2.36. The minimum atomic E-state index is -3.76. The number of methoxy groups -OCH3 is 2. The van der Waals surface area contributed by atoms with Crippen LogP contribution in [0.5, 0.6) is 0 Å². The van der Waals surface area contributed by atoms with Crippen LogP contribution in [0.3, 0.4) is 0 Å². The highest BCUT2D eigenvalue weighted by atomic mass is 32.2. The molecular formula is C23H24N4O5S3. The number of hydrogen-bond acceptors (Lipinski definition) is 9. The van der Waals surface area contributed by atoms with E-state index in [2.05, 4.69) is 15.3 Å². The molecular weight excluding hydrogens is 508 g/mol. The number of anilines is 1. The normalized spacial score (nSPS) is 11.9. The maximum Gasteiger partial charge on any atom is 0.257 e. The van der Waals surface area contributed by atoms with Crippen LogP contribution in [-0.2, 0) is 19.5 Å². The molecule has 0 aliphatic carbocycles. The first-order chi connectivity index (χ1) is 16.9. The number of ether oxygens (including phenoxy) is 2. The Labute approximate surface area is 211 Å². The molecule has 0 atom stereocenters. The first kappa shape index (κ1) is 25.4. The van der Waals surface area contributed by atoms with Crippen molar-refractivity contribution < 1.29 is 22.7 Å². The summed E-state index contributed by atoms with van der Waals surface area (Å²) in [5.74, 6) is -0.380. The Bertz CT molecular complexity index is 1360. The van der Waals surface area contributed by atoms with Crippen molar-refractivity contribution in [2.75, 3.05) is 45.8 Å². The van der Waals surface area contributed by atoms with Gasteiger partial charge in [0.1, 0.15) is 10.7 Å². The molecule has 0 unspecified atom stereocenters. The van der Waals surface area contributed by atoms with E-state index in [9.17, 15) is 13.2 Å². The van der Waals surface area contributed by atoms with E-state index in [-0.39, 0.29) is 37.1 Å². The van der Waals surface area contributed by atoms with Crippen LogP contribution < -0.4 is 5.32 Å². The second-order valence-electron chi connectivity index (χ2n) is 7.39. The molecule has 9 nitrogen and oxygen atoms in total. The van der Waals surface area contributed by atoms with Gasteiger partial charge in [0.05, 0.1) is 28.3 Å². The summed E-state index contributed by atoms with van der Waals surface area (Å²) in [6, 6.07) is 13.7. The van der Waals surface area contributed by atoms with Gasteiger partial charge in [-0.3, -0.25) is 10.1 Å². The molecule has 35 heavy (non-hydrogen) atoms. The van der Waals surface area contributed by atoms with E-state index in [1.54, 1.807) is 0 Å². The topological polar surface area (TPSA) is 111 Å². The number of nitrogens with one attached hydrogen (secondary N) is 1. The molecule has 2 aromatic heterocycles. The zero-order chi connectivity index (χ0) is 24.8. The average molecular weight is 533 g/mol. The first-order valence-electron chi connectivity index (χ1n) is 10.6. The number of hydrogen-bond donors (Lipinski definition) is 1. The molecule has 0 spiro atoms. The Morgan fingerprint density at radius 2 is 1.69 bits per heavy atom. The number of rotatable bonds is 11. The lowest BCUT2D eigenvalue weighted by atomic mass is 10.2. The molecule has 0 aliphatic heterocycles. The Morgan fingerprint density at radius 1 is 1.00 bits per heavy atom. The Morgan fingerprint density at radius 3 is 2.34 bits per heavy atom. The second-order valence-corrected chi connectivity index (χ2v) is 11.2. The largest absolute Gasteiger partial charge is 0.383 e. The number of para-hydroxylation sites is 1. The number of sulfonamides is 1. The van der Waals surface area contributed by atoms with E-state index in [0.717, 1.165) is 15.2 Å². The second kappa shape index (κ2) is 11.3. The zero-order valence-electron chi connectivity index (χ0n) is 19.1. The first-order valence-corrected chi connectivity index (χ1v) is 13.8. The van der Waals surface area contributed by atoms with E-state index in [1.165, 1.54) is 65.5 Å². The summed E-state index contributed by atoms with van der Waals surface area (Å²) in [4.78, 5) is 21.9. The number of aromatic nitrogens is 2. The molecule has 2 heterocycles. The van der Waals surface area contributed by atoms with E-state index in [4.69, 9.17) is 9.47 Å². The van der Waals surface area contributed by atoms with Crippen molar-refractivity contribution in [1.82, 2.24) is 14.3 Å². The van der Waals surface area contributed by atoms with Crippen LogP contribution in [0.4, 0.5) is 5.13 Å². The van der Waals surface area contributed by atoms with Gasteiger partial charge >= 0.3 is 0 Å². The molecule has 0 saturated carbocycles. The molecule has 4 aromatic rings. The minimum absolute atomic E-state index is 0.0913. The molecule has 4 rings (SSSR count). The standard InChI is InChI=1S/C23H24N4O5S3/c1-31-13-11-27(12-14-32-2)35(29,30)17-9-7-16(8-10-17)21(28)26-23-25-19(15-33-23)22-24-18-5-3-4-6-20(18)34-22/h3-10,15H,11-14H2,1-2H3,(H,25,26,28). The van der Waals surface area contributed by atoms with Crippen molar-refractivity contribution in [3.05, 3.63) is 59.5 Å². The maximum absolute atomic E-state index is 13.0. The number of carbonyl (C=O) groups excluding carboxylic acids is 1. The summed E-state index contributed by atoms with van der Waals surface area (Å²) in [6.45, 7) is 0.920. The minimum Gasteiger partial charge on any atom is -0.383 e. The van der Waals surface area contributed by atoms with Gasteiger partial charge in [0, 0.05) is 38.3 Å². The van der Waals surface area contributed by atoms with Crippen LogP contribution >= 0.6 is 22.7 Å². The smallest absolute Gasteiger partial charge is 0.257 e. The number of carbonyl (C=O) groups is 1. The SMILES string of the molecule is COCCN(CCOC)S(=O)(=O)c1ccc(C(=O)Nc2nc(-c3nc4ccccc4s3)cs2)cc1.